The lowest BCUT2D eigenvalue weighted by Crippen LogP contribution is -2.50. The fraction of sp³-hybridized carbons (Fsp3) is 0.417. The Labute approximate surface area is 192 Å². The van der Waals surface area contributed by atoms with E-state index in [2.05, 4.69) is 5.32 Å². The molecule has 0 bridgehead atoms. The lowest BCUT2D eigenvalue weighted by molar-refractivity contribution is -0.138. The minimum Gasteiger partial charge on any atom is -0.352 e. The van der Waals surface area contributed by atoms with E-state index in [0.717, 1.165) is 36.8 Å². The summed E-state index contributed by atoms with van der Waals surface area (Å²) in [7, 11) is 0. The second-order valence-electron chi connectivity index (χ2n) is 7.94. The first kappa shape index (κ1) is 23.6. The molecule has 1 N–H and O–H groups in total. The number of nitrogens with one attached hydrogen (secondary N) is 1. The quantitative estimate of drug-likeness (QED) is 0.558. The smallest absolute Gasteiger partial charge is 0.242 e. The molecule has 31 heavy (non-hydrogen) atoms. The predicted molar refractivity (Wildman–Crippen MR) is 124 cm³/mol. The summed E-state index contributed by atoms with van der Waals surface area (Å²) in [5.41, 5.74) is 1.83. The minimum absolute atomic E-state index is 0.110. The van der Waals surface area contributed by atoms with Crippen molar-refractivity contribution in [1.29, 1.82) is 0 Å². The third-order valence-electron chi connectivity index (χ3n) is 5.52. The van der Waals surface area contributed by atoms with E-state index in [1.54, 1.807) is 30.0 Å². The van der Waals surface area contributed by atoms with Crippen LogP contribution in [0.15, 0.2) is 48.5 Å². The number of hydrogen-bond donors (Lipinski definition) is 1. The van der Waals surface area contributed by atoms with Crippen molar-refractivity contribution in [2.75, 3.05) is 5.75 Å². The van der Waals surface area contributed by atoms with Gasteiger partial charge in [0.05, 0.1) is 5.75 Å². The largest absolute Gasteiger partial charge is 0.352 e. The van der Waals surface area contributed by atoms with E-state index in [1.807, 2.05) is 18.2 Å². The van der Waals surface area contributed by atoms with Gasteiger partial charge in [0.1, 0.15) is 11.9 Å². The maximum atomic E-state index is 13.1. The number of thioether (sulfide) groups is 1. The Morgan fingerprint density at radius 3 is 2.55 bits per heavy atom. The highest BCUT2D eigenvalue weighted by Gasteiger charge is 2.28. The van der Waals surface area contributed by atoms with Gasteiger partial charge in [0, 0.05) is 23.4 Å². The number of halogens is 2. The van der Waals surface area contributed by atoms with E-state index in [-0.39, 0.29) is 29.4 Å². The number of rotatable bonds is 9. The van der Waals surface area contributed by atoms with E-state index in [4.69, 9.17) is 11.6 Å². The van der Waals surface area contributed by atoms with Crippen LogP contribution in [-0.2, 0) is 21.9 Å². The SMILES string of the molecule is C[C@H](C(=O)NC1CCCC1)N(Cc1cccc(Cl)c1)C(=O)CSCc1ccc(F)cc1. The zero-order valence-corrected chi connectivity index (χ0v) is 19.2. The molecular formula is C24H28ClFN2O2S. The highest BCUT2D eigenvalue weighted by atomic mass is 35.5. The van der Waals surface area contributed by atoms with Gasteiger partial charge in [-0.25, -0.2) is 4.39 Å². The molecule has 2 aromatic carbocycles. The van der Waals surface area contributed by atoms with Gasteiger partial charge in [-0.1, -0.05) is 48.7 Å². The van der Waals surface area contributed by atoms with Gasteiger partial charge in [-0.15, -0.1) is 11.8 Å². The van der Waals surface area contributed by atoms with Crippen LogP contribution in [0.3, 0.4) is 0 Å². The molecule has 0 radical (unpaired) electrons. The van der Waals surface area contributed by atoms with Crippen molar-refractivity contribution in [3.05, 3.63) is 70.5 Å². The van der Waals surface area contributed by atoms with E-state index in [0.29, 0.717) is 17.3 Å². The van der Waals surface area contributed by atoms with Crippen molar-refractivity contribution in [3.63, 3.8) is 0 Å². The molecule has 2 aromatic rings. The van der Waals surface area contributed by atoms with Crippen molar-refractivity contribution in [1.82, 2.24) is 10.2 Å². The highest BCUT2D eigenvalue weighted by Crippen LogP contribution is 2.20. The summed E-state index contributed by atoms with van der Waals surface area (Å²) in [6.45, 7) is 2.09. The molecule has 3 rings (SSSR count). The molecule has 0 heterocycles. The number of benzene rings is 2. The van der Waals surface area contributed by atoms with Crippen molar-refractivity contribution in [2.45, 2.75) is 57.0 Å². The number of nitrogens with zero attached hydrogens (tertiary/aromatic N) is 1. The Morgan fingerprint density at radius 1 is 1.16 bits per heavy atom. The molecule has 4 nitrogen and oxygen atoms in total. The highest BCUT2D eigenvalue weighted by molar-refractivity contribution is 7.99. The first-order chi connectivity index (χ1) is 14.9. The molecule has 166 valence electrons. The van der Waals surface area contributed by atoms with Crippen LogP contribution < -0.4 is 5.32 Å². The first-order valence-corrected chi connectivity index (χ1v) is 12.1. The molecule has 7 heteroatoms. The van der Waals surface area contributed by atoms with Gasteiger partial charge in [-0.2, -0.15) is 0 Å². The maximum Gasteiger partial charge on any atom is 0.242 e. The van der Waals surface area contributed by atoms with Gasteiger partial charge in [0.15, 0.2) is 0 Å². The number of carbonyl (C=O) groups is 2. The van der Waals surface area contributed by atoms with Crippen LogP contribution in [0.5, 0.6) is 0 Å². The zero-order valence-electron chi connectivity index (χ0n) is 17.7. The maximum absolute atomic E-state index is 13.1. The van der Waals surface area contributed by atoms with Gasteiger partial charge in [0.2, 0.25) is 11.8 Å². The molecule has 0 spiro atoms. The van der Waals surface area contributed by atoms with E-state index in [1.165, 1.54) is 23.9 Å². The van der Waals surface area contributed by atoms with Crippen LogP contribution in [0.2, 0.25) is 5.02 Å². The standard InChI is InChI=1S/C24H28ClFN2O2S/c1-17(24(30)27-22-7-2-3-8-22)28(14-19-5-4-6-20(25)13-19)23(29)16-31-15-18-9-11-21(26)12-10-18/h4-6,9-13,17,22H,2-3,7-8,14-16H2,1H3,(H,27,30)/t17-/m1/s1. The summed E-state index contributed by atoms with van der Waals surface area (Å²) in [6.07, 6.45) is 4.25. The Kier molecular flexibility index (Phi) is 8.79. The van der Waals surface area contributed by atoms with Gasteiger partial charge in [0.25, 0.3) is 0 Å². The Balaban J connectivity index is 1.65. The fourth-order valence-electron chi connectivity index (χ4n) is 3.73. The summed E-state index contributed by atoms with van der Waals surface area (Å²) in [5.74, 6) is 0.324. The number of hydrogen-bond acceptors (Lipinski definition) is 3. The topological polar surface area (TPSA) is 49.4 Å². The van der Waals surface area contributed by atoms with Crippen molar-refractivity contribution >= 4 is 35.2 Å². The number of amides is 2. The molecule has 1 atom stereocenters. The first-order valence-electron chi connectivity index (χ1n) is 10.6. The van der Waals surface area contributed by atoms with Gasteiger partial charge >= 0.3 is 0 Å². The molecule has 0 aliphatic heterocycles. The van der Waals surface area contributed by atoms with Crippen LogP contribution in [0.1, 0.15) is 43.7 Å². The Bertz CT molecular complexity index is 887. The minimum atomic E-state index is -0.585. The lowest BCUT2D eigenvalue weighted by atomic mass is 10.1. The fourth-order valence-corrected chi connectivity index (χ4v) is 4.81. The molecule has 2 amide bonds. The third kappa shape index (κ3) is 7.25. The van der Waals surface area contributed by atoms with Crippen LogP contribution in [0.4, 0.5) is 4.39 Å². The molecule has 1 fully saturated rings. The second-order valence-corrected chi connectivity index (χ2v) is 9.36. The predicted octanol–water partition coefficient (Wildman–Crippen LogP) is 5.19. The van der Waals surface area contributed by atoms with Gasteiger partial charge in [-0.05, 0) is 55.2 Å². The molecule has 1 aliphatic rings. The van der Waals surface area contributed by atoms with Crippen LogP contribution >= 0.6 is 23.4 Å². The van der Waals surface area contributed by atoms with Crippen molar-refractivity contribution in [2.24, 2.45) is 0 Å². The Morgan fingerprint density at radius 2 is 1.87 bits per heavy atom. The molecule has 1 aliphatic carbocycles. The van der Waals surface area contributed by atoms with Crippen molar-refractivity contribution in [3.8, 4) is 0 Å². The molecular weight excluding hydrogens is 435 g/mol. The third-order valence-corrected chi connectivity index (χ3v) is 6.74. The van der Waals surface area contributed by atoms with Crippen LogP contribution in [-0.4, -0.2) is 34.6 Å². The van der Waals surface area contributed by atoms with E-state index < -0.39 is 6.04 Å². The number of carbonyl (C=O) groups excluding carboxylic acids is 2. The van der Waals surface area contributed by atoms with E-state index >= 15 is 0 Å². The lowest BCUT2D eigenvalue weighted by Gasteiger charge is -2.29. The van der Waals surface area contributed by atoms with Crippen molar-refractivity contribution < 1.29 is 14.0 Å². The second kappa shape index (κ2) is 11.5. The zero-order chi connectivity index (χ0) is 22.2. The summed E-state index contributed by atoms with van der Waals surface area (Å²) >= 11 is 7.57. The van der Waals surface area contributed by atoms with Gasteiger partial charge in [-0.3, -0.25) is 9.59 Å². The summed E-state index contributed by atoms with van der Waals surface area (Å²) < 4.78 is 13.1. The summed E-state index contributed by atoms with van der Waals surface area (Å²) in [5, 5.41) is 3.69. The normalized spacial score (nSPS) is 14.9. The van der Waals surface area contributed by atoms with Crippen LogP contribution in [0, 0.1) is 5.82 Å². The van der Waals surface area contributed by atoms with Crippen LogP contribution in [0.25, 0.3) is 0 Å². The molecule has 0 aromatic heterocycles. The molecule has 1 saturated carbocycles. The monoisotopic (exact) mass is 462 g/mol. The molecule has 0 unspecified atom stereocenters. The summed E-state index contributed by atoms with van der Waals surface area (Å²) in [4.78, 5) is 27.6. The molecule has 0 saturated heterocycles. The average molecular weight is 463 g/mol. The Hall–Kier alpha value is -2.05. The summed E-state index contributed by atoms with van der Waals surface area (Å²) in [6, 6.07) is 13.2. The van der Waals surface area contributed by atoms with E-state index in [9.17, 15) is 14.0 Å². The van der Waals surface area contributed by atoms with Gasteiger partial charge < -0.3 is 10.2 Å². The average Bonchev–Trinajstić information content (AvgIpc) is 3.26.